The predicted octanol–water partition coefficient (Wildman–Crippen LogP) is 6.55. The summed E-state index contributed by atoms with van der Waals surface area (Å²) in [6.45, 7) is 9.81. The van der Waals surface area contributed by atoms with Crippen molar-refractivity contribution in [3.63, 3.8) is 0 Å². The number of carbonyl (C=O) groups is 5. The van der Waals surface area contributed by atoms with Crippen LogP contribution in [0.25, 0.3) is 22.2 Å². The molecule has 2 aliphatic heterocycles. The first-order valence-corrected chi connectivity index (χ1v) is 24.7. The van der Waals surface area contributed by atoms with Crippen LogP contribution in [0.4, 0.5) is 5.13 Å². The van der Waals surface area contributed by atoms with Crippen LogP contribution in [0, 0.1) is 22.7 Å². The highest BCUT2D eigenvalue weighted by Gasteiger charge is 2.61. The van der Waals surface area contributed by atoms with Gasteiger partial charge in [-0.05, 0) is 62.0 Å². The van der Waals surface area contributed by atoms with Gasteiger partial charge < -0.3 is 24.6 Å². The van der Waals surface area contributed by atoms with Crippen LogP contribution in [0.3, 0.4) is 0 Å². The van der Waals surface area contributed by atoms with Gasteiger partial charge in [-0.15, -0.1) is 17.9 Å². The third-order valence-corrected chi connectivity index (χ3v) is 15.8. The second-order valence-electron chi connectivity index (χ2n) is 18.8. The number of amides is 4. The first-order valence-electron chi connectivity index (χ1n) is 22.2. The van der Waals surface area contributed by atoms with Crippen LogP contribution in [-0.4, -0.2) is 101 Å². The molecular weight excluding hydrogens is 869 g/mol. The van der Waals surface area contributed by atoms with Crippen LogP contribution in [0.15, 0.2) is 78.8 Å². The first kappa shape index (κ1) is 45.9. The minimum Gasteiger partial charge on any atom is -0.497 e. The van der Waals surface area contributed by atoms with Crippen LogP contribution >= 0.6 is 11.3 Å². The monoisotopic (exact) mass is 924 g/mol. The Morgan fingerprint density at radius 2 is 1.78 bits per heavy atom. The van der Waals surface area contributed by atoms with E-state index in [1.54, 1.807) is 35.7 Å². The number of rotatable bonds is 16. The lowest BCUT2D eigenvalue weighted by molar-refractivity contribution is -0.150. The SMILES string of the molecule is C=C[C@@H]1C[C@]1(CC(=O)[C@@H]1C[C@@H](Oc2cc(-c3ccccc3)nc3cc(OC)ccc23)CN1C(=O)[C@@H](CC(=O)N1CCCCC1C(=O)Nc1nccs1)C(C)(C)C)C(=O)NS(=O)(=O)C1CC1. The summed E-state index contributed by atoms with van der Waals surface area (Å²) in [5.74, 6) is -2.57. The number of anilines is 1. The van der Waals surface area contributed by atoms with Crippen molar-refractivity contribution in [2.24, 2.45) is 22.7 Å². The molecule has 6 atom stereocenters. The van der Waals surface area contributed by atoms with Gasteiger partial charge in [0, 0.05) is 60.5 Å². The number of hydrogen-bond donors (Lipinski definition) is 2. The summed E-state index contributed by atoms with van der Waals surface area (Å²) in [6.07, 6.45) is 5.05. The Hall–Kier alpha value is -5.68. The van der Waals surface area contributed by atoms with Crippen LogP contribution in [-0.2, 0) is 34.0 Å². The molecular formula is C48H56N6O9S2. The van der Waals surface area contributed by atoms with Crippen molar-refractivity contribution in [3.05, 3.63) is 78.8 Å². The van der Waals surface area contributed by atoms with Crippen molar-refractivity contribution >= 4 is 66.8 Å². The summed E-state index contributed by atoms with van der Waals surface area (Å²) in [5, 5.41) is 5.06. The predicted molar refractivity (Wildman–Crippen MR) is 246 cm³/mol. The van der Waals surface area contributed by atoms with Gasteiger partial charge in [-0.3, -0.25) is 28.7 Å². The van der Waals surface area contributed by atoms with Crippen LogP contribution in [0.2, 0.25) is 0 Å². The van der Waals surface area contributed by atoms with E-state index in [0.717, 1.165) is 12.0 Å². The summed E-state index contributed by atoms with van der Waals surface area (Å²) >= 11 is 1.28. The Bertz CT molecular complexity index is 2600. The zero-order valence-corrected chi connectivity index (χ0v) is 38.8. The van der Waals surface area contributed by atoms with Crippen LogP contribution in [0.5, 0.6) is 11.5 Å². The third-order valence-electron chi connectivity index (χ3n) is 13.3. The molecule has 8 rings (SSSR count). The number of Topliss-reactive ketones (excluding diaryl/α,β-unsaturated/α-hetero) is 1. The number of likely N-dealkylation sites (tertiary alicyclic amines) is 2. The van der Waals surface area contributed by atoms with Gasteiger partial charge in [-0.2, -0.15) is 0 Å². The van der Waals surface area contributed by atoms with Crippen molar-refractivity contribution in [2.45, 2.75) is 102 Å². The highest BCUT2D eigenvalue weighted by atomic mass is 32.2. The maximum atomic E-state index is 15.2. The van der Waals surface area contributed by atoms with Gasteiger partial charge in [-0.25, -0.2) is 18.4 Å². The number of fused-ring (bicyclic) bond motifs is 1. The number of nitrogens with zero attached hydrogens (tertiary/aromatic N) is 4. The first-order chi connectivity index (χ1) is 31.0. The maximum Gasteiger partial charge on any atom is 0.248 e. The topological polar surface area (TPSA) is 194 Å². The van der Waals surface area contributed by atoms with E-state index in [4.69, 9.17) is 14.5 Å². The van der Waals surface area contributed by atoms with E-state index in [0.29, 0.717) is 65.5 Å². The zero-order valence-electron chi connectivity index (χ0n) is 37.2. The van der Waals surface area contributed by atoms with Gasteiger partial charge in [0.05, 0.1) is 47.5 Å². The smallest absolute Gasteiger partial charge is 0.248 e. The zero-order chi connectivity index (χ0) is 46.3. The Morgan fingerprint density at radius 1 is 1.02 bits per heavy atom. The number of ether oxygens (including phenoxy) is 2. The van der Waals surface area contributed by atoms with E-state index in [1.807, 2.05) is 69.3 Å². The molecule has 4 amide bonds. The lowest BCUT2D eigenvalue weighted by Crippen LogP contribution is -2.52. The molecule has 15 nitrogen and oxygen atoms in total. The van der Waals surface area contributed by atoms with Crippen molar-refractivity contribution in [3.8, 4) is 22.8 Å². The molecule has 2 aromatic carbocycles. The molecule has 0 spiro atoms. The maximum absolute atomic E-state index is 15.2. The molecule has 344 valence electrons. The van der Waals surface area contributed by atoms with Crippen molar-refractivity contribution in [2.75, 3.05) is 25.5 Å². The summed E-state index contributed by atoms with van der Waals surface area (Å²) in [6, 6.07) is 15.1. The number of allylic oxidation sites excluding steroid dienone is 1. The van der Waals surface area contributed by atoms with Crippen molar-refractivity contribution in [1.82, 2.24) is 24.5 Å². The van der Waals surface area contributed by atoms with Gasteiger partial charge in [0.25, 0.3) is 0 Å². The fourth-order valence-electron chi connectivity index (χ4n) is 9.31. The Balaban J connectivity index is 1.10. The minimum atomic E-state index is -3.91. The van der Waals surface area contributed by atoms with E-state index >= 15 is 4.79 Å². The number of methoxy groups -OCH3 is 1. The van der Waals surface area contributed by atoms with E-state index in [-0.39, 0.29) is 44.0 Å². The molecule has 2 N–H and O–H groups in total. The normalized spacial score (nSPS) is 23.6. The summed E-state index contributed by atoms with van der Waals surface area (Å²) < 4.78 is 40.5. The fourth-order valence-corrected chi connectivity index (χ4v) is 11.2. The molecule has 17 heteroatoms. The van der Waals surface area contributed by atoms with Gasteiger partial charge in [-0.1, -0.05) is 57.2 Å². The molecule has 2 aromatic heterocycles. The lowest BCUT2D eigenvalue weighted by Gasteiger charge is -2.38. The van der Waals surface area contributed by atoms with E-state index in [1.165, 1.54) is 16.2 Å². The van der Waals surface area contributed by atoms with Gasteiger partial charge in [0.1, 0.15) is 23.6 Å². The number of pyridine rings is 1. The third kappa shape index (κ3) is 9.81. The van der Waals surface area contributed by atoms with E-state index in [2.05, 4.69) is 21.6 Å². The molecule has 0 bridgehead atoms. The summed E-state index contributed by atoms with van der Waals surface area (Å²) in [5.41, 5.74) is -0.0231. The molecule has 2 saturated carbocycles. The van der Waals surface area contributed by atoms with Crippen molar-refractivity contribution < 1.29 is 41.9 Å². The molecule has 4 aromatic rings. The Labute approximate surface area is 383 Å². The molecule has 4 aliphatic rings. The number of benzene rings is 2. The number of hydrogen-bond acceptors (Lipinski definition) is 12. The van der Waals surface area contributed by atoms with Gasteiger partial charge in [0.2, 0.25) is 33.7 Å². The van der Waals surface area contributed by atoms with Crippen molar-refractivity contribution in [1.29, 1.82) is 0 Å². The molecule has 2 aliphatic carbocycles. The van der Waals surface area contributed by atoms with Crippen LogP contribution in [0.1, 0.15) is 78.6 Å². The standard InChI is InChI=1S/C48H56N6O9S2/c1-6-30-26-48(30,45(59)52-65(60,61)33-16-17-33)27-40(55)39-23-32(63-41-25-36(29-12-8-7-9-13-29)50-37-22-31(62-5)15-18-34(37)41)28-54(39)44(58)35(47(2,3)4)24-42(56)53-20-11-10-14-38(53)43(57)51-46-49-19-21-64-46/h6-9,12-13,15,18-19,21-22,25,30,32-33,35,38-39H,1,10-11,14,16-17,20,23-24,26-28H2,2-5H3,(H,52,59)(H,49,51,57)/t30-,32-,35-,38?,39+,48-/m1/s1. The number of piperidine rings is 1. The fraction of sp³-hybridized carbons (Fsp3) is 0.479. The largest absolute Gasteiger partial charge is 0.497 e. The minimum absolute atomic E-state index is 0.0145. The highest BCUT2D eigenvalue weighted by Crippen LogP contribution is 2.57. The molecule has 4 fully saturated rings. The average molecular weight is 925 g/mol. The number of ketones is 1. The number of nitrogens with one attached hydrogen (secondary N) is 2. The number of sulfonamides is 1. The number of thiazole rings is 1. The second kappa shape index (κ2) is 18.3. The molecule has 1 unspecified atom stereocenters. The van der Waals surface area contributed by atoms with Crippen LogP contribution < -0.4 is 19.5 Å². The Kier molecular flexibility index (Phi) is 12.9. The molecule has 0 radical (unpaired) electrons. The lowest BCUT2D eigenvalue weighted by atomic mass is 9.77. The highest BCUT2D eigenvalue weighted by molar-refractivity contribution is 7.90. The average Bonchev–Trinajstić information content (AvgIpc) is 4.17. The van der Waals surface area contributed by atoms with E-state index in [9.17, 15) is 27.6 Å². The summed E-state index contributed by atoms with van der Waals surface area (Å²) in [7, 11) is -2.33. The number of carbonyl (C=O) groups excluding carboxylic acids is 5. The molecule has 65 heavy (non-hydrogen) atoms. The van der Waals surface area contributed by atoms with Gasteiger partial charge in [0.15, 0.2) is 10.9 Å². The van der Waals surface area contributed by atoms with Gasteiger partial charge >= 0.3 is 0 Å². The number of aromatic nitrogens is 2. The molecule has 4 heterocycles. The quantitative estimate of drug-likeness (QED) is 0.116. The molecule has 2 saturated heterocycles. The summed E-state index contributed by atoms with van der Waals surface area (Å²) in [4.78, 5) is 83.9. The Morgan fingerprint density at radius 3 is 2.45 bits per heavy atom. The second-order valence-corrected chi connectivity index (χ2v) is 21.7. The van der Waals surface area contributed by atoms with E-state index < -0.39 is 73.7 Å².